The molecule has 3 nitrogen and oxygen atoms in total. The average molecular weight is 121 g/mol. The van der Waals surface area contributed by atoms with Crippen molar-refractivity contribution in [2.24, 2.45) is 0 Å². The van der Waals surface area contributed by atoms with Gasteiger partial charge >= 0.3 is 48.2 Å². The van der Waals surface area contributed by atoms with Gasteiger partial charge in [0.25, 0.3) is 0 Å². The van der Waals surface area contributed by atoms with E-state index in [1.54, 1.807) is 0 Å². The Bertz CT molecular complexity index is 79.0. The second-order valence-electron chi connectivity index (χ2n) is 0.235. The predicted octanol–water partition coefficient (Wildman–Crippen LogP) is -1.29. The quantitative estimate of drug-likeness (QED) is 0.405. The number of hydrogen-bond acceptors (Lipinski definition) is 3. The van der Waals surface area contributed by atoms with E-state index in [0.29, 0.717) is 0 Å². The van der Waals surface area contributed by atoms with E-state index in [0.717, 1.165) is 0 Å². The van der Waals surface area contributed by atoms with Gasteiger partial charge in [0.1, 0.15) is 0 Å². The van der Waals surface area contributed by atoms with Crippen molar-refractivity contribution in [2.45, 2.75) is 0 Å². The molecule has 0 amide bonds. The predicted molar refractivity (Wildman–Crippen MR) is 20.2 cm³/mol. The topological polar surface area (TPSA) is 58.0 Å². The first-order valence-corrected chi connectivity index (χ1v) is 1.61. The summed E-state index contributed by atoms with van der Waals surface area (Å²) in [4.78, 5) is 0. The Labute approximate surface area is 60.9 Å². The molecule has 0 aliphatic heterocycles. The fourth-order valence-corrected chi connectivity index (χ4v) is 0. The van der Waals surface area contributed by atoms with E-state index in [2.05, 4.69) is 0 Å². The molecule has 0 rings (SSSR count). The Balaban J connectivity index is 0. The molecule has 0 unspecified atom stereocenters. The summed E-state index contributed by atoms with van der Waals surface area (Å²) in [6.45, 7) is 0. The van der Waals surface area contributed by atoms with E-state index in [1.165, 1.54) is 0 Å². The SMILES string of the molecule is N=S(=O)=O.[CaH2]. The third kappa shape index (κ3) is 52.3. The van der Waals surface area contributed by atoms with Crippen LogP contribution < -0.4 is 0 Å². The van der Waals surface area contributed by atoms with E-state index in [1.807, 2.05) is 0 Å². The molecule has 0 aromatic rings. The molecule has 0 aliphatic rings. The van der Waals surface area contributed by atoms with Crippen LogP contribution in [0.5, 0.6) is 0 Å². The van der Waals surface area contributed by atoms with Gasteiger partial charge in [-0.25, -0.2) is 0 Å². The van der Waals surface area contributed by atoms with Crippen molar-refractivity contribution in [1.29, 1.82) is 4.78 Å². The third-order valence-electron chi connectivity index (χ3n) is 0. The number of hydrogen-bond donors (Lipinski definition) is 1. The zero-order valence-electron chi connectivity index (χ0n) is 1.72. The van der Waals surface area contributed by atoms with Crippen LogP contribution in [0.3, 0.4) is 0 Å². The van der Waals surface area contributed by atoms with Gasteiger partial charge in [-0.2, -0.15) is 13.2 Å². The summed E-state index contributed by atoms with van der Waals surface area (Å²) < 4.78 is 22.8. The van der Waals surface area contributed by atoms with Crippen LogP contribution in [0.15, 0.2) is 0 Å². The molecule has 0 radical (unpaired) electrons. The van der Waals surface area contributed by atoms with E-state index in [4.69, 9.17) is 13.2 Å². The minimum absolute atomic E-state index is 0. The normalized spacial score (nSPS) is 4.80. The fourth-order valence-electron chi connectivity index (χ4n) is 0. The Morgan fingerprint density at radius 2 is 1.40 bits per heavy atom. The van der Waals surface area contributed by atoms with E-state index >= 15 is 0 Å². The standard InChI is InChI=1S/Ca.HNO2S.2H/c;1-4(2)3;;/h;1H;;. The van der Waals surface area contributed by atoms with Crippen molar-refractivity contribution in [2.75, 3.05) is 0 Å². The van der Waals surface area contributed by atoms with Gasteiger partial charge in [-0.1, -0.05) is 0 Å². The Kier molecular flexibility index (Phi) is 9.08. The van der Waals surface area contributed by atoms with Crippen LogP contribution in [0, 0.1) is 4.78 Å². The monoisotopic (exact) mass is 121 g/mol. The molecule has 0 aromatic heterocycles. The Hall–Kier alpha value is 0.880. The van der Waals surface area contributed by atoms with Gasteiger partial charge in [-0.15, -0.1) is 0 Å². The summed E-state index contributed by atoms with van der Waals surface area (Å²) in [6.07, 6.45) is 0. The molecule has 5 heavy (non-hydrogen) atoms. The van der Waals surface area contributed by atoms with Crippen LogP contribution in [0.25, 0.3) is 0 Å². The number of rotatable bonds is 0. The van der Waals surface area contributed by atoms with Gasteiger partial charge in [-0.3, -0.25) is 0 Å². The second kappa shape index (κ2) is 4.88. The van der Waals surface area contributed by atoms with E-state index in [9.17, 15) is 0 Å². The Morgan fingerprint density at radius 1 is 1.40 bits per heavy atom. The second-order valence-corrected chi connectivity index (χ2v) is 0.704. The average Bonchev–Trinajstić information content (AvgIpc) is 0.811. The fraction of sp³-hybridized carbons (Fsp3) is 0. The summed E-state index contributed by atoms with van der Waals surface area (Å²) in [5, 5.41) is 0. The molecular weight excluding hydrogens is 118 g/mol. The molecule has 0 aliphatic carbocycles. The molecule has 5 heteroatoms. The molecule has 0 aromatic carbocycles. The van der Waals surface area contributed by atoms with Gasteiger partial charge in [0.2, 0.25) is 0 Å². The molecule has 0 saturated carbocycles. The maximum atomic E-state index is 8.67. The molecule has 28 valence electrons. The van der Waals surface area contributed by atoms with Crippen LogP contribution >= 0.6 is 0 Å². The zero-order valence-corrected chi connectivity index (χ0v) is 2.54. The van der Waals surface area contributed by atoms with Gasteiger partial charge < -0.3 is 0 Å². The molecule has 1 N–H and O–H groups in total. The summed E-state index contributed by atoms with van der Waals surface area (Å²) in [5.41, 5.74) is 0. The van der Waals surface area contributed by atoms with Crippen molar-refractivity contribution in [3.05, 3.63) is 0 Å². The summed E-state index contributed by atoms with van der Waals surface area (Å²) in [7, 11) is -2.61. The van der Waals surface area contributed by atoms with Crippen LogP contribution in [0.1, 0.15) is 0 Å². The molecule has 0 saturated heterocycles. The van der Waals surface area contributed by atoms with Crippen LogP contribution in [-0.4, -0.2) is 46.2 Å². The van der Waals surface area contributed by atoms with Gasteiger partial charge in [0.15, 0.2) is 0 Å². The zero-order chi connectivity index (χ0) is 3.58. The van der Waals surface area contributed by atoms with Gasteiger partial charge in [0, 0.05) is 0 Å². The van der Waals surface area contributed by atoms with Crippen molar-refractivity contribution in [1.82, 2.24) is 0 Å². The van der Waals surface area contributed by atoms with Crippen LogP contribution in [0.4, 0.5) is 0 Å². The summed E-state index contributed by atoms with van der Waals surface area (Å²) in [5.74, 6) is 0. The molecule has 0 heterocycles. The van der Waals surface area contributed by atoms with Crippen molar-refractivity contribution in [3.8, 4) is 0 Å². The van der Waals surface area contributed by atoms with E-state index in [-0.39, 0.29) is 37.7 Å². The first-order chi connectivity index (χ1) is 1.73. The molecule has 0 spiro atoms. The van der Waals surface area contributed by atoms with Gasteiger partial charge in [-0.05, 0) is 0 Å². The Morgan fingerprint density at radius 3 is 1.40 bits per heavy atom. The van der Waals surface area contributed by atoms with Gasteiger partial charge in [0.05, 0.1) is 0 Å². The van der Waals surface area contributed by atoms with Crippen LogP contribution in [-0.2, 0) is 10.5 Å². The van der Waals surface area contributed by atoms with Crippen LogP contribution in [0.2, 0.25) is 0 Å². The molecule has 0 atom stereocenters. The first kappa shape index (κ1) is 9.30. The van der Waals surface area contributed by atoms with Crippen molar-refractivity contribution >= 4 is 48.2 Å². The number of nitrogens with one attached hydrogen (secondary N) is 1. The molecule has 0 fully saturated rings. The molecule has 0 bridgehead atoms. The summed E-state index contributed by atoms with van der Waals surface area (Å²) >= 11 is 0. The minimum atomic E-state index is -2.61. The van der Waals surface area contributed by atoms with E-state index < -0.39 is 10.5 Å². The summed E-state index contributed by atoms with van der Waals surface area (Å²) in [6, 6.07) is 0. The van der Waals surface area contributed by atoms with Crippen molar-refractivity contribution < 1.29 is 8.42 Å². The third-order valence-corrected chi connectivity index (χ3v) is 0. The first-order valence-electron chi connectivity index (χ1n) is 0.537. The maximum absolute atomic E-state index is 8.67. The van der Waals surface area contributed by atoms with Crippen molar-refractivity contribution in [3.63, 3.8) is 0 Å². The molecular formula is H3CaNO2S.